The number of alkyl halides is 9. The highest BCUT2D eigenvalue weighted by molar-refractivity contribution is 4.93. The Bertz CT molecular complexity index is 398. The molecule has 2 unspecified atom stereocenters. The van der Waals surface area contributed by atoms with E-state index in [9.17, 15) is 43.9 Å². The molecule has 126 valence electrons. The van der Waals surface area contributed by atoms with Crippen LogP contribution in [0.4, 0.5) is 43.9 Å². The van der Waals surface area contributed by atoms with Crippen LogP contribution in [-0.2, 0) is 9.47 Å². The maximum Gasteiger partial charge on any atom is 0.448 e. The summed E-state index contributed by atoms with van der Waals surface area (Å²) in [5, 5.41) is 0. The number of ether oxygens (including phenoxy) is 2. The summed E-state index contributed by atoms with van der Waals surface area (Å²) in [7, 11) is 0. The van der Waals surface area contributed by atoms with Gasteiger partial charge in [0.05, 0.1) is 0 Å². The molecule has 0 aliphatic heterocycles. The second-order valence-corrected chi connectivity index (χ2v) is 3.97. The minimum Gasteiger partial charge on any atom is -0.270 e. The Morgan fingerprint density at radius 1 is 0.762 bits per heavy atom. The highest BCUT2D eigenvalue weighted by Crippen LogP contribution is 2.46. The fourth-order valence-corrected chi connectivity index (χ4v) is 0.745. The van der Waals surface area contributed by atoms with Crippen molar-refractivity contribution in [3.05, 3.63) is 12.4 Å². The number of hydrogen-bond acceptors (Lipinski definition) is 2. The van der Waals surface area contributed by atoms with E-state index in [0.717, 1.165) is 0 Å². The lowest BCUT2D eigenvalue weighted by atomic mass is 10.3. The summed E-state index contributed by atoms with van der Waals surface area (Å²) in [5.41, 5.74) is 0. The Balaban J connectivity index is 5.36. The molecule has 2 atom stereocenters. The van der Waals surface area contributed by atoms with Crippen molar-refractivity contribution in [3.63, 3.8) is 0 Å². The largest absolute Gasteiger partial charge is 0.448 e. The van der Waals surface area contributed by atoms with Gasteiger partial charge in [-0.15, -0.1) is 0 Å². The maximum atomic E-state index is 13.3. The first-order chi connectivity index (χ1) is 8.86. The number of hydrogen-bond donors (Lipinski definition) is 0. The molecule has 2 nitrogen and oxygen atoms in total. The smallest absolute Gasteiger partial charge is 0.270 e. The third-order valence-electron chi connectivity index (χ3n) is 1.98. The Hall–Kier alpha value is -1.04. The van der Waals surface area contributed by atoms with E-state index >= 15 is 0 Å². The van der Waals surface area contributed by atoms with Crippen LogP contribution in [0.25, 0.3) is 0 Å². The van der Waals surface area contributed by atoms with Crippen LogP contribution < -0.4 is 0 Å². The molecule has 0 aliphatic carbocycles. The molecule has 0 radical (unpaired) electrons. The highest BCUT2D eigenvalue weighted by atomic mass is 19.4. The van der Waals surface area contributed by atoms with Gasteiger partial charge < -0.3 is 0 Å². The molecule has 0 fully saturated rings. The average Bonchev–Trinajstić information content (AvgIpc) is 2.11. The lowest BCUT2D eigenvalue weighted by molar-refractivity contribution is -0.479. The second-order valence-electron chi connectivity index (χ2n) is 3.97. The topological polar surface area (TPSA) is 18.5 Å². The maximum absolute atomic E-state index is 13.3. The molecule has 0 aromatic carbocycles. The van der Waals surface area contributed by atoms with Crippen LogP contribution in [0, 0.1) is 0 Å². The van der Waals surface area contributed by atoms with Crippen molar-refractivity contribution in [1.82, 2.24) is 0 Å². The minimum atomic E-state index is -6.03. The lowest BCUT2D eigenvalue weighted by Gasteiger charge is -2.35. The highest BCUT2D eigenvalue weighted by Gasteiger charge is 2.67. The first kappa shape index (κ1) is 20.0. The van der Waals surface area contributed by atoms with Crippen molar-refractivity contribution in [2.24, 2.45) is 0 Å². The first-order valence-electron chi connectivity index (χ1n) is 4.81. The van der Waals surface area contributed by atoms with Crippen LogP contribution in [0.2, 0.25) is 0 Å². The molecular weight excluding hydrogens is 330 g/mol. The quantitative estimate of drug-likeness (QED) is 0.658. The van der Waals surface area contributed by atoms with Crippen LogP contribution >= 0.6 is 0 Å². The van der Waals surface area contributed by atoms with Gasteiger partial charge in [-0.1, -0.05) is 6.58 Å². The van der Waals surface area contributed by atoms with E-state index < -0.39 is 49.8 Å². The van der Waals surface area contributed by atoms with Crippen molar-refractivity contribution >= 4 is 0 Å². The standard InChI is InChI=1S/C9H8F10O2/c1-4(10)7(13,14)20-6(3,12)9(18,19)21-5(2,11)8(15,16)17/h1H2,2-3H3. The van der Waals surface area contributed by atoms with Gasteiger partial charge in [-0.2, -0.15) is 30.7 Å². The zero-order valence-electron chi connectivity index (χ0n) is 10.3. The first-order valence-corrected chi connectivity index (χ1v) is 4.81. The lowest BCUT2D eigenvalue weighted by Crippen LogP contribution is -2.56. The van der Waals surface area contributed by atoms with Crippen molar-refractivity contribution in [2.45, 2.75) is 44.0 Å². The minimum absolute atomic E-state index is 0.504. The molecule has 0 spiro atoms. The van der Waals surface area contributed by atoms with Gasteiger partial charge in [-0.25, -0.2) is 13.2 Å². The second kappa shape index (κ2) is 5.30. The zero-order valence-corrected chi connectivity index (χ0v) is 10.3. The number of halogens is 10. The molecule has 0 bridgehead atoms. The van der Waals surface area contributed by atoms with Crippen LogP contribution in [-0.4, -0.2) is 30.1 Å². The van der Waals surface area contributed by atoms with E-state index in [1.54, 1.807) is 0 Å². The Labute approximate surface area is 111 Å². The molecule has 0 aliphatic rings. The van der Waals surface area contributed by atoms with Crippen molar-refractivity contribution in [2.75, 3.05) is 0 Å². The van der Waals surface area contributed by atoms with Crippen molar-refractivity contribution in [3.8, 4) is 0 Å². The Morgan fingerprint density at radius 2 is 1.14 bits per heavy atom. The third-order valence-corrected chi connectivity index (χ3v) is 1.98. The number of rotatable bonds is 6. The van der Waals surface area contributed by atoms with Gasteiger partial charge in [-0.05, 0) is 0 Å². The molecule has 0 saturated heterocycles. The molecule has 12 heteroatoms. The monoisotopic (exact) mass is 338 g/mol. The molecule has 0 rings (SSSR count). The molecule has 0 amide bonds. The van der Waals surface area contributed by atoms with Gasteiger partial charge in [0.2, 0.25) is 0 Å². The van der Waals surface area contributed by atoms with E-state index in [1.165, 1.54) is 0 Å². The van der Waals surface area contributed by atoms with E-state index in [2.05, 4.69) is 9.47 Å². The third kappa shape index (κ3) is 4.46. The van der Waals surface area contributed by atoms with Gasteiger partial charge in [0.25, 0.3) is 0 Å². The van der Waals surface area contributed by atoms with Crippen LogP contribution in [0.15, 0.2) is 12.4 Å². The molecule has 21 heavy (non-hydrogen) atoms. The SMILES string of the molecule is C=C(F)C(F)(F)OC(C)(F)C(F)(F)OC(C)(F)C(F)(F)F. The zero-order chi connectivity index (χ0) is 17.5. The van der Waals surface area contributed by atoms with Crippen LogP contribution in [0.1, 0.15) is 13.8 Å². The predicted molar refractivity (Wildman–Crippen MR) is 47.4 cm³/mol. The van der Waals surface area contributed by atoms with Gasteiger partial charge in [0.1, 0.15) is 0 Å². The van der Waals surface area contributed by atoms with Crippen molar-refractivity contribution in [1.29, 1.82) is 0 Å². The van der Waals surface area contributed by atoms with Crippen LogP contribution in [0.3, 0.4) is 0 Å². The normalized spacial score (nSPS) is 19.8. The van der Waals surface area contributed by atoms with Gasteiger partial charge >= 0.3 is 30.1 Å². The molecule has 0 aromatic rings. The summed E-state index contributed by atoms with van der Waals surface area (Å²) in [4.78, 5) is 0. The predicted octanol–water partition coefficient (Wildman–Crippen LogP) is 4.62. The molecule has 0 N–H and O–H groups in total. The van der Waals surface area contributed by atoms with Gasteiger partial charge in [0, 0.05) is 13.8 Å². The van der Waals surface area contributed by atoms with E-state index in [0.29, 0.717) is 0 Å². The Morgan fingerprint density at radius 3 is 1.43 bits per heavy atom. The summed E-state index contributed by atoms with van der Waals surface area (Å²) in [6.45, 7) is 0.903. The summed E-state index contributed by atoms with van der Waals surface area (Å²) in [6, 6.07) is 0. The van der Waals surface area contributed by atoms with Gasteiger partial charge in [-0.3, -0.25) is 9.47 Å². The Kier molecular flexibility index (Phi) is 5.04. The summed E-state index contributed by atoms with van der Waals surface area (Å²) >= 11 is 0. The molecule has 0 heterocycles. The summed E-state index contributed by atoms with van der Waals surface area (Å²) in [5.74, 6) is -12.8. The van der Waals surface area contributed by atoms with Crippen LogP contribution in [0.5, 0.6) is 0 Å². The summed E-state index contributed by atoms with van der Waals surface area (Å²) in [6.07, 6.45) is -17.2. The van der Waals surface area contributed by atoms with Gasteiger partial charge in [0.15, 0.2) is 5.83 Å². The molecular formula is C9H8F10O2. The van der Waals surface area contributed by atoms with Crippen molar-refractivity contribution < 1.29 is 53.4 Å². The molecule has 0 aromatic heterocycles. The van der Waals surface area contributed by atoms with E-state index in [-0.39, 0.29) is 0 Å². The van der Waals surface area contributed by atoms with E-state index in [4.69, 9.17) is 0 Å². The average molecular weight is 338 g/mol. The van der Waals surface area contributed by atoms with E-state index in [1.807, 2.05) is 6.58 Å². The summed E-state index contributed by atoms with van der Waals surface area (Å²) < 4.78 is 131. The fourth-order valence-electron chi connectivity index (χ4n) is 0.745. The molecule has 0 saturated carbocycles. The fraction of sp³-hybridized carbons (Fsp3) is 0.778.